The first-order valence-corrected chi connectivity index (χ1v) is 12.2. The lowest BCUT2D eigenvalue weighted by atomic mass is 10.2. The number of hydrogen-bond donors (Lipinski definition) is 0. The van der Waals surface area contributed by atoms with Crippen LogP contribution in [0.4, 0.5) is 5.69 Å². The van der Waals surface area contributed by atoms with Gasteiger partial charge in [0.05, 0.1) is 31.3 Å². The highest BCUT2D eigenvalue weighted by Crippen LogP contribution is 2.32. The highest BCUT2D eigenvalue weighted by molar-refractivity contribution is 8.18. The Balaban J connectivity index is 0.000000523. The summed E-state index contributed by atoms with van der Waals surface area (Å²) in [5, 5.41) is 1.09. The average Bonchev–Trinajstić information content (AvgIpc) is 3.18. The Bertz CT molecular complexity index is 850. The lowest BCUT2D eigenvalue weighted by molar-refractivity contribution is -2.00. The van der Waals surface area contributed by atoms with Crippen LogP contribution in [0.5, 0.6) is 0 Å². The van der Waals surface area contributed by atoms with Crippen molar-refractivity contribution in [2.45, 2.75) is 0 Å². The molecular weight excluding hydrogens is 460 g/mol. The van der Waals surface area contributed by atoms with E-state index in [0.717, 1.165) is 63.6 Å². The van der Waals surface area contributed by atoms with Gasteiger partial charge in [0, 0.05) is 44.6 Å². The first-order chi connectivity index (χ1) is 15.2. The van der Waals surface area contributed by atoms with Crippen LogP contribution in [-0.4, -0.2) is 87.2 Å². The van der Waals surface area contributed by atoms with Gasteiger partial charge in [-0.3, -0.25) is 0 Å². The Hall–Kier alpha value is -1.70. The molecule has 0 N–H and O–H groups in total. The average molecular weight is 487 g/mol. The van der Waals surface area contributed by atoms with Gasteiger partial charge in [-0.2, -0.15) is 0 Å². The van der Waals surface area contributed by atoms with Gasteiger partial charge >= 0.3 is 5.17 Å². The topological polar surface area (TPSA) is 133 Å². The van der Waals surface area contributed by atoms with Crippen molar-refractivity contribution in [3.8, 4) is 0 Å². The lowest BCUT2D eigenvalue weighted by Gasteiger charge is -2.26. The highest BCUT2D eigenvalue weighted by atomic mass is 35.7. The number of rotatable bonds is 2. The minimum Gasteiger partial charge on any atom is -0.378 e. The molecular formula is C20H27ClN4O6S. The number of morpholine rings is 2. The zero-order valence-corrected chi connectivity index (χ0v) is 19.6. The molecule has 0 aromatic heterocycles. The Morgan fingerprint density at radius 3 is 2.12 bits per heavy atom. The van der Waals surface area contributed by atoms with Crippen molar-refractivity contribution in [1.82, 2.24) is 4.90 Å². The van der Waals surface area contributed by atoms with Crippen molar-refractivity contribution in [2.24, 2.45) is 4.99 Å². The molecule has 1 aromatic rings. The minimum atomic E-state index is -4.94. The van der Waals surface area contributed by atoms with Crippen LogP contribution in [0, 0.1) is 10.2 Å². The van der Waals surface area contributed by atoms with Crippen LogP contribution in [0.25, 0.3) is 6.08 Å². The molecule has 0 spiro atoms. The van der Waals surface area contributed by atoms with Gasteiger partial charge in [-0.25, -0.2) is 23.2 Å². The standard InChI is InChI=1S/C20H27N4O2S.ClHO4/c1-22(2)17-5-3-16(4-6-17)15-18-19(23-7-11-25-12-8-23)21-20(27-18)24-9-13-26-14-10-24;2-1(3,4)5/h3-6,15H,7-14H2,1-2H3;(H,2,3,4,5)/q+1;/p-1. The Morgan fingerprint density at radius 1 is 1.00 bits per heavy atom. The van der Waals surface area contributed by atoms with Gasteiger partial charge in [-0.1, -0.05) is 12.1 Å². The van der Waals surface area contributed by atoms with E-state index >= 15 is 0 Å². The molecule has 0 saturated carbocycles. The van der Waals surface area contributed by atoms with E-state index in [1.807, 2.05) is 0 Å². The second-order valence-electron chi connectivity index (χ2n) is 7.39. The number of hydrogen-bond acceptors (Lipinski definition) is 9. The van der Waals surface area contributed by atoms with E-state index in [1.165, 1.54) is 16.2 Å². The predicted octanol–water partition coefficient (Wildman–Crippen LogP) is -2.79. The maximum absolute atomic E-state index is 8.49. The zero-order chi connectivity index (χ0) is 23.1. The van der Waals surface area contributed by atoms with Crippen molar-refractivity contribution in [3.05, 3.63) is 34.7 Å². The van der Waals surface area contributed by atoms with E-state index in [0.29, 0.717) is 0 Å². The minimum absolute atomic E-state index is 0.765. The molecule has 4 rings (SSSR count). The number of benzene rings is 1. The summed E-state index contributed by atoms with van der Waals surface area (Å²) in [7, 11) is -0.819. The third-order valence-corrected chi connectivity index (χ3v) is 5.98. The van der Waals surface area contributed by atoms with Gasteiger partial charge in [0.15, 0.2) is 0 Å². The van der Waals surface area contributed by atoms with Crippen molar-refractivity contribution >= 4 is 34.5 Å². The zero-order valence-electron chi connectivity index (χ0n) is 18.1. The van der Waals surface area contributed by atoms with Crippen molar-refractivity contribution in [1.29, 1.82) is 0 Å². The lowest BCUT2D eigenvalue weighted by Crippen LogP contribution is -2.68. The molecule has 10 nitrogen and oxygen atoms in total. The van der Waals surface area contributed by atoms with E-state index in [1.54, 1.807) is 11.8 Å². The van der Waals surface area contributed by atoms with Gasteiger partial charge < -0.3 is 19.3 Å². The first-order valence-electron chi connectivity index (χ1n) is 10.1. The monoisotopic (exact) mass is 486 g/mol. The molecule has 0 bridgehead atoms. The van der Waals surface area contributed by atoms with Crippen LogP contribution in [0.1, 0.15) is 5.56 Å². The van der Waals surface area contributed by atoms with Crippen LogP contribution in [0.15, 0.2) is 34.2 Å². The number of nitrogens with zero attached hydrogens (tertiary/aromatic N) is 4. The quantitative estimate of drug-likeness (QED) is 0.407. The molecule has 12 heteroatoms. The van der Waals surface area contributed by atoms with Crippen molar-refractivity contribution in [2.75, 3.05) is 71.6 Å². The molecule has 0 aliphatic carbocycles. The molecule has 3 aliphatic heterocycles. The number of amidine groups is 2. The fourth-order valence-electron chi connectivity index (χ4n) is 3.32. The van der Waals surface area contributed by atoms with E-state index in [4.69, 9.17) is 33.1 Å². The van der Waals surface area contributed by atoms with Crippen LogP contribution in [0.2, 0.25) is 0 Å². The third-order valence-electron chi connectivity index (χ3n) is 4.92. The van der Waals surface area contributed by atoms with Crippen LogP contribution < -0.4 is 23.5 Å². The van der Waals surface area contributed by atoms with E-state index in [9.17, 15) is 0 Å². The summed E-state index contributed by atoms with van der Waals surface area (Å²) in [5.41, 5.74) is 2.41. The Kier molecular flexibility index (Phi) is 8.91. The first kappa shape index (κ1) is 24.9. The Morgan fingerprint density at radius 2 is 1.56 bits per heavy atom. The molecule has 3 heterocycles. The Labute approximate surface area is 193 Å². The summed E-state index contributed by atoms with van der Waals surface area (Å²) in [5.74, 6) is 1.08. The fraction of sp³-hybridized carbons (Fsp3) is 0.500. The number of ether oxygens (including phenoxy) is 2. The molecule has 0 atom stereocenters. The maximum Gasteiger partial charge on any atom is 0.362 e. The van der Waals surface area contributed by atoms with Gasteiger partial charge in [-0.15, -0.1) is 10.2 Å². The number of thioether (sulfide) groups is 1. The molecule has 2 saturated heterocycles. The fourth-order valence-corrected chi connectivity index (χ4v) is 4.42. The van der Waals surface area contributed by atoms with Gasteiger partial charge in [-0.05, 0) is 28.8 Å². The van der Waals surface area contributed by atoms with Gasteiger partial charge in [0.25, 0.3) is 5.84 Å². The van der Waals surface area contributed by atoms with Gasteiger partial charge in [0.1, 0.15) is 13.1 Å². The summed E-state index contributed by atoms with van der Waals surface area (Å²) in [4.78, 5) is 10.7. The van der Waals surface area contributed by atoms with Crippen LogP contribution in [-0.2, 0) is 9.47 Å². The van der Waals surface area contributed by atoms with Gasteiger partial charge in [0.2, 0.25) is 0 Å². The number of aliphatic imine (C=N–C) groups is 1. The molecule has 3 aliphatic rings. The van der Waals surface area contributed by atoms with E-state index in [2.05, 4.69) is 58.8 Å². The van der Waals surface area contributed by atoms with Crippen LogP contribution >= 0.6 is 11.8 Å². The molecule has 2 fully saturated rings. The molecule has 1 aromatic carbocycles. The predicted molar refractivity (Wildman–Crippen MR) is 112 cm³/mol. The summed E-state index contributed by atoms with van der Waals surface area (Å²) >= 11 is 1.78. The molecule has 0 unspecified atom stereocenters. The second kappa shape index (κ2) is 11.4. The molecule has 176 valence electrons. The van der Waals surface area contributed by atoms with Crippen molar-refractivity contribution < 1.29 is 42.9 Å². The molecule has 32 heavy (non-hydrogen) atoms. The molecule has 0 radical (unpaired) electrons. The summed E-state index contributed by atoms with van der Waals surface area (Å²) < 4.78 is 47.3. The number of anilines is 1. The number of halogens is 1. The SMILES string of the molecule is CN(C)c1ccc(C=C2SC(=[N+]3CCOCC3)N=C2N2CCOCC2)cc1.[O-][Cl+3]([O-])([O-])[O-]. The van der Waals surface area contributed by atoms with E-state index in [-0.39, 0.29) is 0 Å². The molecule has 0 amide bonds. The smallest absolute Gasteiger partial charge is 0.362 e. The highest BCUT2D eigenvalue weighted by Gasteiger charge is 2.35. The summed E-state index contributed by atoms with van der Waals surface area (Å²) in [6.07, 6.45) is 2.26. The summed E-state index contributed by atoms with van der Waals surface area (Å²) in [6.45, 7) is 6.69. The van der Waals surface area contributed by atoms with Crippen molar-refractivity contribution in [3.63, 3.8) is 0 Å². The maximum atomic E-state index is 8.49. The second-order valence-corrected chi connectivity index (χ2v) is 9.16. The third kappa shape index (κ3) is 7.71. The summed E-state index contributed by atoms with van der Waals surface area (Å²) in [6, 6.07) is 8.66. The van der Waals surface area contributed by atoms with Crippen LogP contribution in [0.3, 0.4) is 0 Å². The normalized spacial score (nSPS) is 20.8. The largest absolute Gasteiger partial charge is 0.378 e. The van der Waals surface area contributed by atoms with E-state index < -0.39 is 10.2 Å².